The molecule has 22 heavy (non-hydrogen) atoms. The Kier molecular flexibility index (Phi) is 5.77. The number of carbonyl (C=O) groups is 2. The molecule has 0 spiro atoms. The van der Waals surface area contributed by atoms with Gasteiger partial charge in [-0.2, -0.15) is 0 Å². The van der Waals surface area contributed by atoms with Gasteiger partial charge in [-0.1, -0.05) is 0 Å². The first-order valence-electron chi connectivity index (χ1n) is 7.74. The van der Waals surface area contributed by atoms with Crippen molar-refractivity contribution in [2.45, 2.75) is 38.8 Å². The lowest BCUT2D eigenvalue weighted by Crippen LogP contribution is -2.45. The van der Waals surface area contributed by atoms with E-state index in [4.69, 9.17) is 0 Å². The van der Waals surface area contributed by atoms with Crippen molar-refractivity contribution in [3.05, 3.63) is 29.8 Å². The molecular formula is C16H24N4O2. The van der Waals surface area contributed by atoms with Crippen molar-refractivity contribution in [3.8, 4) is 0 Å². The van der Waals surface area contributed by atoms with Crippen molar-refractivity contribution in [3.63, 3.8) is 0 Å². The lowest BCUT2D eigenvalue weighted by atomic mass is 10.1. The molecule has 2 rings (SSSR count). The van der Waals surface area contributed by atoms with Crippen LogP contribution in [0.4, 0.5) is 10.5 Å². The van der Waals surface area contributed by atoms with Gasteiger partial charge in [0.15, 0.2) is 0 Å². The smallest absolute Gasteiger partial charge is 0.319 e. The minimum Gasteiger partial charge on any atom is -0.348 e. The molecule has 0 bridgehead atoms. The van der Waals surface area contributed by atoms with E-state index in [1.807, 2.05) is 13.8 Å². The van der Waals surface area contributed by atoms with Crippen LogP contribution in [0.1, 0.15) is 37.0 Å². The molecule has 1 atom stereocenters. The largest absolute Gasteiger partial charge is 0.348 e. The average molecular weight is 304 g/mol. The van der Waals surface area contributed by atoms with Crippen LogP contribution in [0.2, 0.25) is 0 Å². The molecule has 1 heterocycles. The van der Waals surface area contributed by atoms with Gasteiger partial charge in [0.25, 0.3) is 5.91 Å². The van der Waals surface area contributed by atoms with E-state index in [0.717, 1.165) is 25.9 Å². The highest BCUT2D eigenvalue weighted by molar-refractivity contribution is 5.95. The maximum absolute atomic E-state index is 12.2. The topological polar surface area (TPSA) is 82.3 Å². The Morgan fingerprint density at radius 3 is 2.55 bits per heavy atom. The quantitative estimate of drug-likeness (QED) is 0.683. The highest BCUT2D eigenvalue weighted by Crippen LogP contribution is 2.10. The summed E-state index contributed by atoms with van der Waals surface area (Å²) >= 11 is 0. The Morgan fingerprint density at radius 2 is 1.95 bits per heavy atom. The molecule has 1 aromatic rings. The van der Waals surface area contributed by atoms with Crippen LogP contribution in [0.15, 0.2) is 24.3 Å². The second-order valence-corrected chi connectivity index (χ2v) is 5.85. The molecule has 120 valence electrons. The summed E-state index contributed by atoms with van der Waals surface area (Å²) < 4.78 is 0. The molecular weight excluding hydrogens is 280 g/mol. The zero-order chi connectivity index (χ0) is 15.9. The first kappa shape index (κ1) is 16.3. The number of amides is 3. The van der Waals surface area contributed by atoms with Crippen LogP contribution >= 0.6 is 0 Å². The van der Waals surface area contributed by atoms with Gasteiger partial charge in [-0.3, -0.25) is 4.79 Å². The van der Waals surface area contributed by atoms with E-state index in [9.17, 15) is 9.59 Å². The van der Waals surface area contributed by atoms with Crippen LogP contribution in [0.3, 0.4) is 0 Å². The third-order valence-corrected chi connectivity index (χ3v) is 3.46. The Labute approximate surface area is 131 Å². The summed E-state index contributed by atoms with van der Waals surface area (Å²) in [5, 5.41) is 11.8. The predicted molar refractivity (Wildman–Crippen MR) is 87.1 cm³/mol. The normalized spacial score (nSPS) is 17.9. The summed E-state index contributed by atoms with van der Waals surface area (Å²) in [7, 11) is 0. The summed E-state index contributed by atoms with van der Waals surface area (Å²) in [5.41, 5.74) is 1.26. The van der Waals surface area contributed by atoms with Crippen LogP contribution in [0.5, 0.6) is 0 Å². The summed E-state index contributed by atoms with van der Waals surface area (Å²) in [6.07, 6.45) is 2.09. The molecule has 0 aliphatic carbocycles. The zero-order valence-corrected chi connectivity index (χ0v) is 13.1. The molecule has 0 aromatic heterocycles. The van der Waals surface area contributed by atoms with E-state index < -0.39 is 0 Å². The molecule has 6 heteroatoms. The van der Waals surface area contributed by atoms with Gasteiger partial charge in [0.2, 0.25) is 0 Å². The number of urea groups is 1. The number of carbonyl (C=O) groups excluding carboxylic acids is 2. The molecule has 3 amide bonds. The second-order valence-electron chi connectivity index (χ2n) is 5.85. The first-order valence-corrected chi connectivity index (χ1v) is 7.74. The number of hydrogen-bond donors (Lipinski definition) is 4. The number of nitrogens with one attached hydrogen (secondary N) is 4. The maximum atomic E-state index is 12.2. The Balaban J connectivity index is 1.87. The molecule has 4 N–H and O–H groups in total. The number of piperidine rings is 1. The van der Waals surface area contributed by atoms with E-state index in [2.05, 4.69) is 21.3 Å². The second kappa shape index (κ2) is 7.79. The van der Waals surface area contributed by atoms with Gasteiger partial charge in [0.05, 0.1) is 0 Å². The van der Waals surface area contributed by atoms with Crippen LogP contribution in [-0.2, 0) is 0 Å². The van der Waals surface area contributed by atoms with E-state index >= 15 is 0 Å². The fourth-order valence-electron chi connectivity index (χ4n) is 2.38. The molecule has 1 aromatic carbocycles. The molecule has 1 unspecified atom stereocenters. The maximum Gasteiger partial charge on any atom is 0.319 e. The predicted octanol–water partition coefficient (Wildman–Crippen LogP) is 1.70. The number of benzene rings is 1. The molecule has 1 aliphatic rings. The number of anilines is 1. The van der Waals surface area contributed by atoms with Crippen LogP contribution in [0.25, 0.3) is 0 Å². The van der Waals surface area contributed by atoms with Crippen molar-refractivity contribution in [1.29, 1.82) is 0 Å². The van der Waals surface area contributed by atoms with E-state index in [0.29, 0.717) is 11.3 Å². The number of rotatable bonds is 4. The van der Waals surface area contributed by atoms with Crippen LogP contribution in [0, 0.1) is 0 Å². The fraction of sp³-hybridized carbons (Fsp3) is 0.500. The SMILES string of the molecule is CC(C)NC(=O)Nc1ccc(C(=O)NC2CCCNC2)cc1. The van der Waals surface area contributed by atoms with Gasteiger partial charge in [-0.25, -0.2) is 4.79 Å². The van der Waals surface area contributed by atoms with Crippen molar-refractivity contribution in [2.75, 3.05) is 18.4 Å². The van der Waals surface area contributed by atoms with Crippen molar-refractivity contribution in [2.24, 2.45) is 0 Å². The Bertz CT molecular complexity index is 507. The summed E-state index contributed by atoms with van der Waals surface area (Å²) in [6, 6.07) is 6.92. The monoisotopic (exact) mass is 304 g/mol. The lowest BCUT2D eigenvalue weighted by molar-refractivity contribution is 0.0930. The molecule has 1 fully saturated rings. The van der Waals surface area contributed by atoms with Gasteiger partial charge in [0, 0.05) is 29.9 Å². The Hall–Kier alpha value is -2.08. The van der Waals surface area contributed by atoms with Crippen LogP contribution in [-0.4, -0.2) is 37.1 Å². The highest BCUT2D eigenvalue weighted by Gasteiger charge is 2.16. The minimum atomic E-state index is -0.250. The first-order chi connectivity index (χ1) is 10.5. The molecule has 1 saturated heterocycles. The third-order valence-electron chi connectivity index (χ3n) is 3.46. The van der Waals surface area contributed by atoms with Gasteiger partial charge < -0.3 is 21.3 Å². The minimum absolute atomic E-state index is 0.0770. The van der Waals surface area contributed by atoms with Gasteiger partial charge in [0.1, 0.15) is 0 Å². The summed E-state index contributed by atoms with van der Waals surface area (Å²) in [4.78, 5) is 23.7. The van der Waals surface area contributed by atoms with Crippen LogP contribution < -0.4 is 21.3 Å². The third kappa shape index (κ3) is 5.04. The van der Waals surface area contributed by atoms with Crippen molar-refractivity contribution >= 4 is 17.6 Å². The van der Waals surface area contributed by atoms with E-state index in [1.165, 1.54) is 0 Å². The van der Waals surface area contributed by atoms with Gasteiger partial charge in [-0.05, 0) is 57.5 Å². The lowest BCUT2D eigenvalue weighted by Gasteiger charge is -2.23. The average Bonchev–Trinajstić information content (AvgIpc) is 2.48. The van der Waals surface area contributed by atoms with Crippen molar-refractivity contribution < 1.29 is 9.59 Å². The summed E-state index contributed by atoms with van der Waals surface area (Å²) in [5.74, 6) is -0.0770. The number of hydrogen-bond acceptors (Lipinski definition) is 3. The zero-order valence-electron chi connectivity index (χ0n) is 13.1. The molecule has 1 aliphatic heterocycles. The highest BCUT2D eigenvalue weighted by atomic mass is 16.2. The molecule has 6 nitrogen and oxygen atoms in total. The van der Waals surface area contributed by atoms with Gasteiger partial charge >= 0.3 is 6.03 Å². The molecule has 0 radical (unpaired) electrons. The van der Waals surface area contributed by atoms with E-state index in [-0.39, 0.29) is 24.0 Å². The Morgan fingerprint density at radius 1 is 1.23 bits per heavy atom. The molecule has 0 saturated carbocycles. The van der Waals surface area contributed by atoms with Gasteiger partial charge in [-0.15, -0.1) is 0 Å². The van der Waals surface area contributed by atoms with Crippen molar-refractivity contribution in [1.82, 2.24) is 16.0 Å². The fourth-order valence-corrected chi connectivity index (χ4v) is 2.38. The standard InChI is InChI=1S/C16H24N4O2/c1-11(2)18-16(22)20-13-7-5-12(6-8-13)15(21)19-14-4-3-9-17-10-14/h5-8,11,14,17H,3-4,9-10H2,1-2H3,(H,19,21)(H2,18,20,22). The van der Waals surface area contributed by atoms with E-state index in [1.54, 1.807) is 24.3 Å². The summed E-state index contributed by atoms with van der Waals surface area (Å²) in [6.45, 7) is 5.63.